The Kier molecular flexibility index (Phi) is 11.5. The van der Waals surface area contributed by atoms with Crippen molar-refractivity contribution in [2.45, 2.75) is 45.6 Å². The Balaban J connectivity index is 1.39. The first kappa shape index (κ1) is 33.5. The van der Waals surface area contributed by atoms with Crippen LogP contribution in [0.3, 0.4) is 0 Å². The van der Waals surface area contributed by atoms with Gasteiger partial charge in [0.2, 0.25) is 0 Å². The summed E-state index contributed by atoms with van der Waals surface area (Å²) in [5.41, 5.74) is 5.98. The Hall–Kier alpha value is -4.82. The van der Waals surface area contributed by atoms with Gasteiger partial charge in [0.1, 0.15) is 17.6 Å². The lowest BCUT2D eigenvalue weighted by molar-refractivity contribution is -0.386. The average Bonchev–Trinajstić information content (AvgIpc) is 3.63. The van der Waals surface area contributed by atoms with E-state index in [0.717, 1.165) is 41.8 Å². The summed E-state index contributed by atoms with van der Waals surface area (Å²) >= 11 is 0. The zero-order valence-corrected chi connectivity index (χ0v) is 27.7. The number of nitro benzene ring substituents is 1. The Labute approximate surface area is 277 Å². The molecule has 1 fully saturated rings. The fraction of sp³-hybridized carbons (Fsp3) is 0.333. The summed E-state index contributed by atoms with van der Waals surface area (Å²) in [6, 6.07) is 29.7. The molecule has 8 heteroatoms. The van der Waals surface area contributed by atoms with E-state index in [1.54, 1.807) is 13.0 Å². The number of hydrogen-bond donors (Lipinski definition) is 0. The molecule has 47 heavy (non-hydrogen) atoms. The molecule has 0 spiro atoms. The second-order valence-electron chi connectivity index (χ2n) is 11.7. The molecule has 0 saturated carbocycles. The Morgan fingerprint density at radius 3 is 2.00 bits per heavy atom. The van der Waals surface area contributed by atoms with Gasteiger partial charge in [0.25, 0.3) is 5.69 Å². The minimum atomic E-state index is -0.616. The van der Waals surface area contributed by atoms with Crippen molar-refractivity contribution in [1.82, 2.24) is 4.90 Å². The SMILES string of the molecule is CC/C(=C(/c1ccc(OCCCN2CCCC2)cc1)c1ccc(OC(C)c2cc(OC)c(OC)cc2[N+](=O)[O-])cc1)c1ccccc1. The average molecular weight is 637 g/mol. The molecule has 1 aliphatic heterocycles. The van der Waals surface area contributed by atoms with Crippen LogP contribution in [0.25, 0.3) is 11.1 Å². The van der Waals surface area contributed by atoms with Crippen molar-refractivity contribution in [3.63, 3.8) is 0 Å². The van der Waals surface area contributed by atoms with Crippen LogP contribution in [-0.4, -0.2) is 50.3 Å². The molecule has 0 bridgehead atoms. The number of methoxy groups -OCH3 is 2. The fourth-order valence-electron chi connectivity index (χ4n) is 6.22. The van der Waals surface area contributed by atoms with Crippen molar-refractivity contribution in [2.24, 2.45) is 0 Å². The van der Waals surface area contributed by atoms with Gasteiger partial charge in [-0.05, 0) is 104 Å². The monoisotopic (exact) mass is 636 g/mol. The van der Waals surface area contributed by atoms with Crippen LogP contribution in [0, 0.1) is 10.1 Å². The number of rotatable bonds is 15. The molecule has 1 aliphatic rings. The van der Waals surface area contributed by atoms with E-state index < -0.39 is 11.0 Å². The van der Waals surface area contributed by atoms with E-state index in [2.05, 4.69) is 60.4 Å². The molecular formula is C39H44N2O6. The summed E-state index contributed by atoms with van der Waals surface area (Å²) in [5.74, 6) is 2.16. The molecule has 4 aromatic carbocycles. The summed E-state index contributed by atoms with van der Waals surface area (Å²) in [6.45, 7) is 8.17. The van der Waals surface area contributed by atoms with E-state index in [9.17, 15) is 10.1 Å². The van der Waals surface area contributed by atoms with Gasteiger partial charge in [0.15, 0.2) is 11.5 Å². The molecule has 4 aromatic rings. The Morgan fingerprint density at radius 1 is 0.830 bits per heavy atom. The highest BCUT2D eigenvalue weighted by atomic mass is 16.6. The maximum absolute atomic E-state index is 11.9. The van der Waals surface area contributed by atoms with Crippen LogP contribution in [0.1, 0.15) is 67.9 Å². The van der Waals surface area contributed by atoms with Crippen molar-refractivity contribution in [3.8, 4) is 23.0 Å². The van der Waals surface area contributed by atoms with Gasteiger partial charge in [0.05, 0.1) is 37.4 Å². The van der Waals surface area contributed by atoms with E-state index >= 15 is 0 Å². The Bertz CT molecular complexity index is 1650. The molecule has 1 atom stereocenters. The normalized spacial score (nSPS) is 14.3. The highest BCUT2D eigenvalue weighted by Gasteiger charge is 2.25. The first-order valence-corrected chi connectivity index (χ1v) is 16.3. The summed E-state index contributed by atoms with van der Waals surface area (Å²) in [5, 5.41) is 11.9. The van der Waals surface area contributed by atoms with E-state index in [1.165, 1.54) is 57.4 Å². The van der Waals surface area contributed by atoms with Gasteiger partial charge in [-0.15, -0.1) is 0 Å². The molecule has 5 rings (SSSR count). The minimum Gasteiger partial charge on any atom is -0.494 e. The molecule has 0 radical (unpaired) electrons. The predicted octanol–water partition coefficient (Wildman–Crippen LogP) is 8.99. The highest BCUT2D eigenvalue weighted by molar-refractivity contribution is 5.98. The lowest BCUT2D eigenvalue weighted by atomic mass is 9.88. The molecule has 0 aromatic heterocycles. The summed E-state index contributed by atoms with van der Waals surface area (Å²) in [4.78, 5) is 14.0. The third kappa shape index (κ3) is 8.32. The van der Waals surface area contributed by atoms with Crippen molar-refractivity contribution in [2.75, 3.05) is 40.5 Å². The molecule has 0 N–H and O–H groups in total. The summed E-state index contributed by atoms with van der Waals surface area (Å²) in [6.07, 6.45) is 3.86. The van der Waals surface area contributed by atoms with Gasteiger partial charge in [0, 0.05) is 6.54 Å². The molecule has 246 valence electrons. The quantitative estimate of drug-likeness (QED) is 0.0557. The van der Waals surface area contributed by atoms with Gasteiger partial charge >= 0.3 is 0 Å². The maximum Gasteiger partial charge on any atom is 0.280 e. The second kappa shape index (κ2) is 16.1. The number of nitrogens with zero attached hydrogens (tertiary/aromatic N) is 2. The minimum absolute atomic E-state index is 0.0912. The van der Waals surface area contributed by atoms with Gasteiger partial charge < -0.3 is 23.8 Å². The number of ether oxygens (including phenoxy) is 4. The number of nitro groups is 1. The molecule has 1 heterocycles. The predicted molar refractivity (Wildman–Crippen MR) is 187 cm³/mol. The first-order valence-electron chi connectivity index (χ1n) is 16.3. The van der Waals surface area contributed by atoms with E-state index in [4.69, 9.17) is 18.9 Å². The molecular weight excluding hydrogens is 592 g/mol. The van der Waals surface area contributed by atoms with Crippen molar-refractivity contribution in [3.05, 3.63) is 123 Å². The largest absolute Gasteiger partial charge is 0.494 e. The van der Waals surface area contributed by atoms with Gasteiger partial charge in [-0.1, -0.05) is 61.5 Å². The standard InChI is InChI=1S/C39H44N2O6/c1-5-34(29-12-7-6-8-13-29)39(30-14-18-32(19-15-30)46-25-11-24-40-22-9-10-23-40)31-16-20-33(21-17-31)47-28(2)35-26-37(44-3)38(45-4)27-36(35)41(42)43/h6-8,12-21,26-28H,5,9-11,22-25H2,1-4H3/b39-34+. The molecule has 8 nitrogen and oxygen atoms in total. The topological polar surface area (TPSA) is 83.3 Å². The smallest absolute Gasteiger partial charge is 0.280 e. The summed E-state index contributed by atoms with van der Waals surface area (Å²) < 4.78 is 23.0. The van der Waals surface area contributed by atoms with Gasteiger partial charge in [-0.3, -0.25) is 10.1 Å². The third-order valence-electron chi connectivity index (χ3n) is 8.63. The number of hydrogen-bond acceptors (Lipinski definition) is 7. The Morgan fingerprint density at radius 2 is 1.43 bits per heavy atom. The van der Waals surface area contributed by atoms with Gasteiger partial charge in [-0.25, -0.2) is 0 Å². The van der Waals surface area contributed by atoms with Crippen LogP contribution >= 0.6 is 0 Å². The maximum atomic E-state index is 11.9. The lowest BCUT2D eigenvalue weighted by Crippen LogP contribution is -2.21. The van der Waals surface area contributed by atoms with Crippen molar-refractivity contribution >= 4 is 16.8 Å². The fourth-order valence-corrected chi connectivity index (χ4v) is 6.22. The first-order chi connectivity index (χ1) is 22.9. The number of likely N-dealkylation sites (tertiary alicyclic amines) is 1. The van der Waals surface area contributed by atoms with E-state index in [0.29, 0.717) is 29.4 Å². The highest BCUT2D eigenvalue weighted by Crippen LogP contribution is 2.40. The van der Waals surface area contributed by atoms with E-state index in [-0.39, 0.29) is 5.69 Å². The molecule has 1 unspecified atom stereocenters. The third-order valence-corrected chi connectivity index (χ3v) is 8.63. The zero-order chi connectivity index (χ0) is 33.2. The molecule has 0 amide bonds. The lowest BCUT2D eigenvalue weighted by Gasteiger charge is -2.19. The zero-order valence-electron chi connectivity index (χ0n) is 27.7. The molecule has 1 saturated heterocycles. The number of benzene rings is 4. The van der Waals surface area contributed by atoms with Crippen molar-refractivity contribution in [1.29, 1.82) is 0 Å². The van der Waals surface area contributed by atoms with E-state index in [1.807, 2.05) is 30.3 Å². The molecule has 0 aliphatic carbocycles. The van der Waals surface area contributed by atoms with Crippen LogP contribution in [0.4, 0.5) is 5.69 Å². The second-order valence-corrected chi connectivity index (χ2v) is 11.7. The van der Waals surface area contributed by atoms with Gasteiger partial charge in [-0.2, -0.15) is 0 Å². The van der Waals surface area contributed by atoms with Crippen LogP contribution in [-0.2, 0) is 0 Å². The van der Waals surface area contributed by atoms with Crippen LogP contribution in [0.15, 0.2) is 91.0 Å². The summed E-state index contributed by atoms with van der Waals surface area (Å²) in [7, 11) is 2.95. The van der Waals surface area contributed by atoms with Crippen molar-refractivity contribution < 1.29 is 23.9 Å². The number of allylic oxidation sites excluding steroid dienone is 1. The van der Waals surface area contributed by atoms with Crippen LogP contribution in [0.2, 0.25) is 0 Å². The van der Waals surface area contributed by atoms with Crippen LogP contribution < -0.4 is 18.9 Å². The van der Waals surface area contributed by atoms with Crippen LogP contribution in [0.5, 0.6) is 23.0 Å².